The lowest BCUT2D eigenvalue weighted by Gasteiger charge is -2.28. The van der Waals surface area contributed by atoms with Crippen LogP contribution in [0.25, 0.3) is 16.8 Å². The lowest BCUT2D eigenvalue weighted by atomic mass is 9.94. The number of hydrogen-bond acceptors (Lipinski definition) is 4. The molecule has 0 saturated heterocycles. The number of rotatable bonds is 6. The normalized spacial score (nSPS) is 13.4. The number of ether oxygens (including phenoxy) is 1. The van der Waals surface area contributed by atoms with E-state index >= 15 is 0 Å². The van der Waals surface area contributed by atoms with Crippen LogP contribution in [0.4, 0.5) is 5.82 Å². The Bertz CT molecular complexity index is 826. The van der Waals surface area contributed by atoms with Crippen LogP contribution in [0.1, 0.15) is 50.9 Å². The average Bonchev–Trinajstić information content (AvgIpc) is 2.67. The van der Waals surface area contributed by atoms with Gasteiger partial charge in [-0.05, 0) is 49.5 Å². The van der Waals surface area contributed by atoms with Crippen molar-refractivity contribution in [2.24, 2.45) is 0 Å². The highest BCUT2D eigenvalue weighted by Crippen LogP contribution is 2.36. The molecular weight excluding hydrogens is 322 g/mol. The number of pyridine rings is 2. The summed E-state index contributed by atoms with van der Waals surface area (Å²) in [6.07, 6.45) is 5.16. The maximum atomic E-state index is 5.58. The van der Waals surface area contributed by atoms with Gasteiger partial charge in [0.05, 0.1) is 18.0 Å². The first-order chi connectivity index (χ1) is 12.6. The number of fused-ring (bicyclic) bond motifs is 1. The summed E-state index contributed by atoms with van der Waals surface area (Å²) in [6.45, 7) is 10.1. The monoisotopic (exact) mass is 351 g/mol. The Morgan fingerprint density at radius 2 is 1.81 bits per heavy atom. The van der Waals surface area contributed by atoms with Gasteiger partial charge in [0.2, 0.25) is 5.88 Å². The first kappa shape index (κ1) is 18.4. The van der Waals surface area contributed by atoms with Gasteiger partial charge in [0, 0.05) is 30.8 Å². The quantitative estimate of drug-likeness (QED) is 0.741. The van der Waals surface area contributed by atoms with Gasteiger partial charge in [0.15, 0.2) is 0 Å². The first-order valence-electron chi connectivity index (χ1n) is 9.70. The molecule has 1 aliphatic rings. The highest BCUT2D eigenvalue weighted by Gasteiger charge is 2.21. The molecule has 0 fully saturated rings. The van der Waals surface area contributed by atoms with Crippen molar-refractivity contribution in [3.63, 3.8) is 0 Å². The van der Waals surface area contributed by atoms with Gasteiger partial charge in [-0.15, -0.1) is 0 Å². The Kier molecular flexibility index (Phi) is 5.60. The summed E-state index contributed by atoms with van der Waals surface area (Å²) in [7, 11) is 2.11. The van der Waals surface area contributed by atoms with Gasteiger partial charge in [0.25, 0.3) is 0 Å². The van der Waals surface area contributed by atoms with Crippen molar-refractivity contribution in [3.8, 4) is 17.1 Å². The van der Waals surface area contributed by atoms with Crippen LogP contribution in [0.15, 0.2) is 24.3 Å². The molecule has 0 bridgehead atoms. The summed E-state index contributed by atoms with van der Waals surface area (Å²) in [5.74, 6) is 1.77. The largest absolute Gasteiger partial charge is 0.478 e. The minimum Gasteiger partial charge on any atom is -0.478 e. The van der Waals surface area contributed by atoms with Crippen LogP contribution >= 0.6 is 0 Å². The lowest BCUT2D eigenvalue weighted by molar-refractivity contribution is 0.326. The minimum atomic E-state index is 0.629. The molecule has 0 aliphatic carbocycles. The molecule has 0 saturated carbocycles. The summed E-state index contributed by atoms with van der Waals surface area (Å²) in [4.78, 5) is 12.1. The molecule has 0 atom stereocenters. The Hall–Kier alpha value is -2.36. The number of nitrogens with zero attached hydrogens (tertiary/aromatic N) is 3. The second kappa shape index (κ2) is 7.90. The van der Waals surface area contributed by atoms with Crippen LogP contribution in [-0.2, 0) is 12.8 Å². The molecule has 4 nitrogen and oxygen atoms in total. The maximum absolute atomic E-state index is 5.58. The Labute approximate surface area is 156 Å². The topological polar surface area (TPSA) is 38.2 Å². The fraction of sp³-hybridized carbons (Fsp3) is 0.455. The maximum Gasteiger partial charge on any atom is 0.213 e. The van der Waals surface area contributed by atoms with E-state index in [1.807, 2.05) is 13.0 Å². The van der Waals surface area contributed by atoms with Crippen LogP contribution in [0, 0.1) is 0 Å². The molecule has 0 radical (unpaired) electrons. The summed E-state index contributed by atoms with van der Waals surface area (Å²) in [5.41, 5.74) is 7.17. The lowest BCUT2D eigenvalue weighted by Crippen LogP contribution is -2.24. The molecular formula is C22H29N3O. The third kappa shape index (κ3) is 3.33. The third-order valence-electron chi connectivity index (χ3n) is 4.99. The molecule has 1 aliphatic heterocycles. The van der Waals surface area contributed by atoms with Gasteiger partial charge < -0.3 is 9.64 Å². The summed E-state index contributed by atoms with van der Waals surface area (Å²) >= 11 is 0. The molecule has 2 aromatic rings. The van der Waals surface area contributed by atoms with E-state index in [2.05, 4.69) is 50.9 Å². The number of aryl methyl sites for hydroxylation is 2. The second-order valence-electron chi connectivity index (χ2n) is 6.61. The summed E-state index contributed by atoms with van der Waals surface area (Å²) in [6, 6.07) is 6.41. The zero-order valence-electron chi connectivity index (χ0n) is 16.6. The van der Waals surface area contributed by atoms with E-state index < -0.39 is 0 Å². The average molecular weight is 351 g/mol. The highest BCUT2D eigenvalue weighted by atomic mass is 16.5. The zero-order valence-corrected chi connectivity index (χ0v) is 16.6. The number of anilines is 1. The molecule has 3 heterocycles. The van der Waals surface area contributed by atoms with E-state index in [4.69, 9.17) is 14.7 Å². The standard InChI is InChI=1S/C22H29N3O/c1-6-15-12-13-25(5)22-18(15)14-16(7-2)21(24-22)17-10-11-20(26-9-4)23-19(17)8-3/h10-12,14H,6-9,13H2,1-5H3. The molecule has 0 N–H and O–H groups in total. The van der Waals surface area contributed by atoms with Gasteiger partial charge in [-0.1, -0.05) is 26.8 Å². The van der Waals surface area contributed by atoms with Crippen LogP contribution in [0.2, 0.25) is 0 Å². The predicted octanol–water partition coefficient (Wildman–Crippen LogP) is 4.91. The van der Waals surface area contributed by atoms with Gasteiger partial charge >= 0.3 is 0 Å². The van der Waals surface area contributed by atoms with Gasteiger partial charge in [-0.3, -0.25) is 0 Å². The molecule has 0 unspecified atom stereocenters. The van der Waals surface area contributed by atoms with E-state index in [1.54, 1.807) is 0 Å². The van der Waals surface area contributed by atoms with Crippen molar-refractivity contribution >= 4 is 11.4 Å². The Balaban J connectivity index is 2.17. The second-order valence-corrected chi connectivity index (χ2v) is 6.61. The zero-order chi connectivity index (χ0) is 18.7. The molecule has 0 amide bonds. The smallest absolute Gasteiger partial charge is 0.213 e. The molecule has 0 aromatic carbocycles. The number of aromatic nitrogens is 2. The molecule has 2 aromatic heterocycles. The molecule has 138 valence electrons. The van der Waals surface area contributed by atoms with Gasteiger partial charge in [-0.2, -0.15) is 0 Å². The Morgan fingerprint density at radius 1 is 1.00 bits per heavy atom. The minimum absolute atomic E-state index is 0.629. The van der Waals surface area contributed by atoms with Crippen molar-refractivity contribution < 1.29 is 4.74 Å². The number of hydrogen-bond donors (Lipinski definition) is 0. The summed E-state index contributed by atoms with van der Waals surface area (Å²) < 4.78 is 5.58. The van der Waals surface area contributed by atoms with Crippen LogP contribution in [-0.4, -0.2) is 30.2 Å². The number of likely N-dealkylation sites (N-methyl/N-ethyl adjacent to an activating group) is 1. The first-order valence-corrected chi connectivity index (χ1v) is 9.70. The van der Waals surface area contributed by atoms with E-state index in [1.165, 1.54) is 16.7 Å². The molecule has 26 heavy (non-hydrogen) atoms. The van der Waals surface area contributed by atoms with Crippen molar-refractivity contribution in [1.29, 1.82) is 0 Å². The fourth-order valence-corrected chi connectivity index (χ4v) is 3.55. The van der Waals surface area contributed by atoms with Crippen molar-refractivity contribution in [1.82, 2.24) is 9.97 Å². The van der Waals surface area contributed by atoms with Crippen molar-refractivity contribution in [2.75, 3.05) is 25.1 Å². The molecule has 3 rings (SSSR count). The molecule has 4 heteroatoms. The van der Waals surface area contributed by atoms with E-state index in [0.29, 0.717) is 12.5 Å². The van der Waals surface area contributed by atoms with E-state index in [0.717, 1.165) is 48.6 Å². The summed E-state index contributed by atoms with van der Waals surface area (Å²) in [5, 5.41) is 0. The van der Waals surface area contributed by atoms with Crippen molar-refractivity contribution in [3.05, 3.63) is 41.1 Å². The van der Waals surface area contributed by atoms with Gasteiger partial charge in [-0.25, -0.2) is 9.97 Å². The SMILES string of the molecule is CCOc1ccc(-c2nc3c(cc2CC)C(CC)=CCN3C)c(CC)n1. The number of allylic oxidation sites excluding steroid dienone is 1. The fourth-order valence-electron chi connectivity index (χ4n) is 3.55. The van der Waals surface area contributed by atoms with Crippen molar-refractivity contribution in [2.45, 2.75) is 47.0 Å². The molecule has 0 spiro atoms. The Morgan fingerprint density at radius 3 is 2.46 bits per heavy atom. The predicted molar refractivity (Wildman–Crippen MR) is 109 cm³/mol. The van der Waals surface area contributed by atoms with E-state index in [9.17, 15) is 0 Å². The van der Waals surface area contributed by atoms with Crippen LogP contribution in [0.5, 0.6) is 5.88 Å². The van der Waals surface area contributed by atoms with Gasteiger partial charge in [0.1, 0.15) is 5.82 Å². The highest BCUT2D eigenvalue weighted by molar-refractivity contribution is 5.81. The van der Waals surface area contributed by atoms with Crippen LogP contribution in [0.3, 0.4) is 0 Å². The van der Waals surface area contributed by atoms with Crippen LogP contribution < -0.4 is 9.64 Å². The third-order valence-corrected chi connectivity index (χ3v) is 4.99. The van der Waals surface area contributed by atoms with E-state index in [-0.39, 0.29) is 0 Å².